The fraction of sp³-hybridized carbons (Fsp3) is 0.429. The first-order valence-electron chi connectivity index (χ1n) is 8.88. The highest BCUT2D eigenvalue weighted by molar-refractivity contribution is 9.10. The number of methoxy groups -OCH3 is 2. The molecule has 0 amide bonds. The highest BCUT2D eigenvalue weighted by atomic mass is 79.9. The Morgan fingerprint density at radius 3 is 2.24 bits per heavy atom. The molecule has 1 saturated carbocycles. The number of rotatable bonds is 3. The molecule has 3 nitrogen and oxygen atoms in total. The van der Waals surface area contributed by atoms with Crippen LogP contribution in [0.3, 0.4) is 0 Å². The van der Waals surface area contributed by atoms with E-state index in [2.05, 4.69) is 52.3 Å². The molecule has 25 heavy (non-hydrogen) atoms. The second kappa shape index (κ2) is 7.00. The molecule has 1 fully saturated rings. The zero-order valence-electron chi connectivity index (χ0n) is 14.6. The lowest BCUT2D eigenvalue weighted by molar-refractivity contribution is -0.0391. The molecule has 0 spiro atoms. The average molecular weight is 403 g/mol. The minimum atomic E-state index is -0.0535. The van der Waals surface area contributed by atoms with Gasteiger partial charge in [0.1, 0.15) is 6.10 Å². The van der Waals surface area contributed by atoms with Crippen LogP contribution in [0, 0.1) is 0 Å². The molecule has 0 N–H and O–H groups in total. The lowest BCUT2D eigenvalue weighted by atomic mass is 9.76. The minimum absolute atomic E-state index is 0.0535. The predicted molar refractivity (Wildman–Crippen MR) is 102 cm³/mol. The minimum Gasteiger partial charge on any atom is -0.493 e. The van der Waals surface area contributed by atoms with Crippen LogP contribution >= 0.6 is 15.9 Å². The van der Waals surface area contributed by atoms with Gasteiger partial charge in [0.15, 0.2) is 11.5 Å². The smallest absolute Gasteiger partial charge is 0.161 e. The van der Waals surface area contributed by atoms with Crippen molar-refractivity contribution in [3.05, 3.63) is 57.6 Å². The molecule has 1 heterocycles. The summed E-state index contributed by atoms with van der Waals surface area (Å²) in [5, 5.41) is 0. The van der Waals surface area contributed by atoms with Crippen molar-refractivity contribution in [2.24, 2.45) is 0 Å². The highest BCUT2D eigenvalue weighted by Gasteiger charge is 2.38. The van der Waals surface area contributed by atoms with Gasteiger partial charge in [-0.25, -0.2) is 0 Å². The topological polar surface area (TPSA) is 27.7 Å². The van der Waals surface area contributed by atoms with Crippen LogP contribution in [0.25, 0.3) is 0 Å². The van der Waals surface area contributed by atoms with Crippen molar-refractivity contribution >= 4 is 15.9 Å². The van der Waals surface area contributed by atoms with Crippen LogP contribution in [0.5, 0.6) is 11.5 Å². The second-order valence-electron chi connectivity index (χ2n) is 6.83. The molecule has 2 aliphatic rings. The second-order valence-corrected chi connectivity index (χ2v) is 7.75. The first-order chi connectivity index (χ1) is 12.2. The van der Waals surface area contributed by atoms with Gasteiger partial charge in [0.05, 0.1) is 20.3 Å². The van der Waals surface area contributed by atoms with Crippen molar-refractivity contribution < 1.29 is 14.2 Å². The van der Waals surface area contributed by atoms with Crippen molar-refractivity contribution in [1.82, 2.24) is 0 Å². The van der Waals surface area contributed by atoms with E-state index in [-0.39, 0.29) is 12.2 Å². The Morgan fingerprint density at radius 2 is 1.56 bits per heavy atom. The van der Waals surface area contributed by atoms with Crippen LogP contribution in [0.1, 0.15) is 54.4 Å². The van der Waals surface area contributed by atoms with Crippen LogP contribution in [0.4, 0.5) is 0 Å². The summed E-state index contributed by atoms with van der Waals surface area (Å²) in [5.41, 5.74) is 3.75. The van der Waals surface area contributed by atoms with Gasteiger partial charge in [0.25, 0.3) is 0 Å². The quantitative estimate of drug-likeness (QED) is 0.667. The van der Waals surface area contributed by atoms with Gasteiger partial charge in [0, 0.05) is 10.4 Å². The van der Waals surface area contributed by atoms with Crippen molar-refractivity contribution in [2.45, 2.75) is 43.8 Å². The maximum Gasteiger partial charge on any atom is 0.161 e. The third kappa shape index (κ3) is 3.06. The van der Waals surface area contributed by atoms with Crippen molar-refractivity contribution in [3.8, 4) is 11.5 Å². The molecule has 0 saturated heterocycles. The van der Waals surface area contributed by atoms with Gasteiger partial charge < -0.3 is 14.2 Å². The molecular formula is C21H23BrO3. The monoisotopic (exact) mass is 402 g/mol. The molecule has 1 aliphatic heterocycles. The third-order valence-corrected chi connectivity index (χ3v) is 5.99. The molecule has 1 aliphatic carbocycles. The van der Waals surface area contributed by atoms with Gasteiger partial charge >= 0.3 is 0 Å². The molecule has 2 aromatic rings. The van der Waals surface area contributed by atoms with Crippen LogP contribution in [0.2, 0.25) is 0 Å². The van der Waals surface area contributed by atoms with Crippen LogP contribution < -0.4 is 9.47 Å². The summed E-state index contributed by atoms with van der Waals surface area (Å²) in [7, 11) is 3.39. The maximum absolute atomic E-state index is 6.60. The molecule has 0 aromatic heterocycles. The third-order valence-electron chi connectivity index (χ3n) is 5.46. The van der Waals surface area contributed by atoms with Crippen LogP contribution in [-0.2, 0) is 4.74 Å². The first kappa shape index (κ1) is 16.9. The largest absolute Gasteiger partial charge is 0.493 e. The normalized spacial score (nSPS) is 25.0. The van der Waals surface area contributed by atoms with Crippen LogP contribution in [0.15, 0.2) is 40.9 Å². The Bertz CT molecular complexity index is 756. The Morgan fingerprint density at radius 1 is 0.920 bits per heavy atom. The molecule has 0 bridgehead atoms. The average Bonchev–Trinajstić information content (AvgIpc) is 2.67. The molecule has 3 unspecified atom stereocenters. The van der Waals surface area contributed by atoms with E-state index in [1.54, 1.807) is 14.2 Å². The van der Waals surface area contributed by atoms with E-state index in [1.807, 2.05) is 0 Å². The zero-order valence-corrected chi connectivity index (χ0v) is 16.2. The summed E-state index contributed by atoms with van der Waals surface area (Å²) in [6.07, 6.45) is 5.05. The first-order valence-corrected chi connectivity index (χ1v) is 9.67. The van der Waals surface area contributed by atoms with E-state index < -0.39 is 0 Å². The summed E-state index contributed by atoms with van der Waals surface area (Å²) in [6.45, 7) is 0. The van der Waals surface area contributed by atoms with E-state index in [0.29, 0.717) is 5.92 Å². The van der Waals surface area contributed by atoms with Gasteiger partial charge in [-0.05, 0) is 53.8 Å². The molecule has 3 atom stereocenters. The Kier molecular flexibility index (Phi) is 4.74. The standard InChI is InChI=1S/C21H23BrO3/c1-23-19-11-16-15-5-3-4-6-18(15)25-21(17(16)12-20(19)24-2)13-7-9-14(22)10-8-13/h7-12,15,18,21H,3-6H2,1-2H3. The number of fused-ring (bicyclic) bond motifs is 3. The van der Waals surface area contributed by atoms with Gasteiger partial charge in [-0.1, -0.05) is 40.9 Å². The maximum atomic E-state index is 6.60. The molecule has 4 rings (SSSR count). The highest BCUT2D eigenvalue weighted by Crippen LogP contribution is 2.49. The van der Waals surface area contributed by atoms with E-state index in [4.69, 9.17) is 14.2 Å². The summed E-state index contributed by atoms with van der Waals surface area (Å²) in [5.74, 6) is 2.03. The van der Waals surface area contributed by atoms with E-state index in [0.717, 1.165) is 22.4 Å². The van der Waals surface area contributed by atoms with Gasteiger partial charge in [-0.3, -0.25) is 0 Å². The van der Waals surface area contributed by atoms with Crippen molar-refractivity contribution in [2.75, 3.05) is 14.2 Å². The SMILES string of the molecule is COc1cc2c(cc1OC)C1CCCCC1OC2c1ccc(Br)cc1. The number of ether oxygens (including phenoxy) is 3. The van der Waals surface area contributed by atoms with Gasteiger partial charge in [-0.2, -0.15) is 0 Å². The molecule has 4 heteroatoms. The molecule has 0 radical (unpaired) electrons. The summed E-state index contributed by atoms with van der Waals surface area (Å²) in [4.78, 5) is 0. The molecular weight excluding hydrogens is 380 g/mol. The molecule has 132 valence electrons. The Labute approximate surface area is 157 Å². The lowest BCUT2D eigenvalue weighted by Crippen LogP contribution is -2.33. The predicted octanol–water partition coefficient (Wildman–Crippen LogP) is 5.61. The summed E-state index contributed by atoms with van der Waals surface area (Å²) in [6, 6.07) is 12.7. The lowest BCUT2D eigenvalue weighted by Gasteiger charge is -2.41. The number of hydrogen-bond acceptors (Lipinski definition) is 3. The number of benzene rings is 2. The summed E-state index contributed by atoms with van der Waals surface area (Å²) >= 11 is 3.52. The summed E-state index contributed by atoms with van der Waals surface area (Å²) < 4.78 is 18.8. The van der Waals surface area contributed by atoms with Crippen LogP contribution in [-0.4, -0.2) is 20.3 Å². The van der Waals surface area contributed by atoms with E-state index >= 15 is 0 Å². The zero-order chi connectivity index (χ0) is 17.4. The van der Waals surface area contributed by atoms with Gasteiger partial charge in [0.2, 0.25) is 0 Å². The Hall–Kier alpha value is -1.52. The van der Waals surface area contributed by atoms with Crippen molar-refractivity contribution in [1.29, 1.82) is 0 Å². The van der Waals surface area contributed by atoms with E-state index in [1.165, 1.54) is 36.0 Å². The Balaban J connectivity index is 1.85. The van der Waals surface area contributed by atoms with E-state index in [9.17, 15) is 0 Å². The fourth-order valence-electron chi connectivity index (χ4n) is 4.22. The molecule has 2 aromatic carbocycles. The van der Waals surface area contributed by atoms with Gasteiger partial charge in [-0.15, -0.1) is 0 Å². The van der Waals surface area contributed by atoms with Crippen molar-refractivity contribution in [3.63, 3.8) is 0 Å². The number of halogens is 1. The number of hydrogen-bond donors (Lipinski definition) is 0. The fourth-order valence-corrected chi connectivity index (χ4v) is 4.48.